The van der Waals surface area contributed by atoms with Gasteiger partial charge in [-0.05, 0) is 60.2 Å². The fraction of sp³-hybridized carbons (Fsp3) is 0.222. The van der Waals surface area contributed by atoms with Gasteiger partial charge < -0.3 is 0 Å². The van der Waals surface area contributed by atoms with Crippen molar-refractivity contribution in [2.24, 2.45) is 5.92 Å². The molecular weight excluding hydrogens is 359 g/mol. The van der Waals surface area contributed by atoms with E-state index in [0.717, 1.165) is 35.1 Å². The van der Waals surface area contributed by atoms with Gasteiger partial charge in [0.25, 0.3) is 0 Å². The van der Waals surface area contributed by atoms with Crippen molar-refractivity contribution in [3.8, 4) is 0 Å². The quantitative estimate of drug-likeness (QED) is 0.444. The van der Waals surface area contributed by atoms with Crippen LogP contribution in [0.25, 0.3) is 5.57 Å². The summed E-state index contributed by atoms with van der Waals surface area (Å²) in [5.41, 5.74) is 6.48. The van der Waals surface area contributed by atoms with Crippen LogP contribution in [0.2, 0.25) is 0 Å². The summed E-state index contributed by atoms with van der Waals surface area (Å²) < 4.78 is 13.4. The topological polar surface area (TPSA) is 17.1 Å². The molecule has 0 saturated heterocycles. The molecular formula is C27H25FO. The molecule has 0 spiro atoms. The van der Waals surface area contributed by atoms with Crippen molar-refractivity contribution in [3.05, 3.63) is 113 Å². The van der Waals surface area contributed by atoms with Crippen molar-refractivity contribution in [2.75, 3.05) is 0 Å². The van der Waals surface area contributed by atoms with Gasteiger partial charge in [0, 0.05) is 17.4 Å². The summed E-state index contributed by atoms with van der Waals surface area (Å²) in [5.74, 6) is -0.210. The van der Waals surface area contributed by atoms with Gasteiger partial charge in [-0.3, -0.25) is 4.79 Å². The van der Waals surface area contributed by atoms with Crippen LogP contribution in [0.1, 0.15) is 51.9 Å². The molecule has 29 heavy (non-hydrogen) atoms. The Morgan fingerprint density at radius 2 is 1.76 bits per heavy atom. The second kappa shape index (κ2) is 8.16. The molecule has 2 unspecified atom stereocenters. The van der Waals surface area contributed by atoms with E-state index in [1.165, 1.54) is 23.3 Å². The summed E-state index contributed by atoms with van der Waals surface area (Å²) in [6.07, 6.45) is 3.82. The van der Waals surface area contributed by atoms with Gasteiger partial charge in [0.2, 0.25) is 0 Å². The number of benzene rings is 3. The maximum Gasteiger partial charge on any atom is 0.170 e. The minimum absolute atomic E-state index is 0.0965. The van der Waals surface area contributed by atoms with Crippen LogP contribution in [0, 0.1) is 18.7 Å². The van der Waals surface area contributed by atoms with E-state index in [2.05, 4.69) is 37.3 Å². The molecule has 0 bridgehead atoms. The molecule has 1 aliphatic rings. The highest BCUT2D eigenvalue weighted by atomic mass is 19.1. The number of halogens is 1. The van der Waals surface area contributed by atoms with Gasteiger partial charge >= 0.3 is 0 Å². The van der Waals surface area contributed by atoms with Gasteiger partial charge in [-0.25, -0.2) is 4.39 Å². The predicted molar refractivity (Wildman–Crippen MR) is 117 cm³/mol. The molecule has 4 rings (SSSR count). The molecule has 0 radical (unpaired) electrons. The van der Waals surface area contributed by atoms with E-state index in [0.29, 0.717) is 0 Å². The first kappa shape index (κ1) is 19.3. The summed E-state index contributed by atoms with van der Waals surface area (Å²) in [6, 6.07) is 22.8. The van der Waals surface area contributed by atoms with Crippen LogP contribution in [-0.4, -0.2) is 5.78 Å². The van der Waals surface area contributed by atoms with Crippen LogP contribution in [0.3, 0.4) is 0 Å². The number of hydrogen-bond donors (Lipinski definition) is 0. The molecule has 3 aromatic rings. The lowest BCUT2D eigenvalue weighted by Crippen LogP contribution is -2.19. The SMILES string of the molecule is CCc1ccccc1C1CC(c2ccc(F)cc2)=CC1C(=O)c1cccc(C)c1. The van der Waals surface area contributed by atoms with Gasteiger partial charge in [0.05, 0.1) is 0 Å². The molecule has 0 aliphatic heterocycles. The molecule has 0 fully saturated rings. The van der Waals surface area contributed by atoms with E-state index < -0.39 is 0 Å². The third-order valence-corrected chi connectivity index (χ3v) is 5.91. The van der Waals surface area contributed by atoms with Crippen molar-refractivity contribution in [2.45, 2.75) is 32.6 Å². The number of ketones is 1. The van der Waals surface area contributed by atoms with Gasteiger partial charge in [0.15, 0.2) is 5.78 Å². The summed E-state index contributed by atoms with van der Waals surface area (Å²) in [4.78, 5) is 13.5. The monoisotopic (exact) mass is 384 g/mol. The van der Waals surface area contributed by atoms with Crippen LogP contribution in [0.5, 0.6) is 0 Å². The molecule has 0 amide bonds. The first-order valence-electron chi connectivity index (χ1n) is 10.2. The van der Waals surface area contributed by atoms with Crippen molar-refractivity contribution in [3.63, 3.8) is 0 Å². The summed E-state index contributed by atoms with van der Waals surface area (Å²) in [7, 11) is 0. The van der Waals surface area contributed by atoms with E-state index >= 15 is 0 Å². The first-order chi connectivity index (χ1) is 14.1. The van der Waals surface area contributed by atoms with Crippen LogP contribution >= 0.6 is 0 Å². The van der Waals surface area contributed by atoms with Gasteiger partial charge in [-0.2, -0.15) is 0 Å². The smallest absolute Gasteiger partial charge is 0.170 e. The van der Waals surface area contributed by atoms with E-state index in [9.17, 15) is 9.18 Å². The Balaban J connectivity index is 1.77. The fourth-order valence-corrected chi connectivity index (χ4v) is 4.41. The normalized spacial score (nSPS) is 18.5. The second-order valence-corrected chi connectivity index (χ2v) is 7.82. The zero-order valence-electron chi connectivity index (χ0n) is 16.9. The Kier molecular flexibility index (Phi) is 5.44. The van der Waals surface area contributed by atoms with Crippen molar-refractivity contribution in [1.29, 1.82) is 0 Å². The summed E-state index contributed by atoms with van der Waals surface area (Å²) in [5, 5.41) is 0. The first-order valence-corrected chi connectivity index (χ1v) is 10.2. The minimum Gasteiger partial charge on any atom is -0.293 e. The number of Topliss-reactive ketones (excluding diaryl/α,β-unsaturated/α-hetero) is 1. The zero-order chi connectivity index (χ0) is 20.4. The fourth-order valence-electron chi connectivity index (χ4n) is 4.41. The average molecular weight is 384 g/mol. The van der Waals surface area contributed by atoms with Crippen molar-refractivity contribution >= 4 is 11.4 Å². The molecule has 146 valence electrons. The van der Waals surface area contributed by atoms with E-state index in [-0.39, 0.29) is 23.4 Å². The standard InChI is InChI=1S/C27H25FO/c1-3-19-8-4-5-10-24(19)25-16-22(20-11-13-23(28)14-12-20)17-26(25)27(29)21-9-6-7-18(2)15-21/h4-15,17,25-26H,3,16H2,1-2H3. The maximum absolute atomic E-state index is 13.5. The molecule has 0 heterocycles. The lowest BCUT2D eigenvalue weighted by Gasteiger charge is -2.22. The third-order valence-electron chi connectivity index (χ3n) is 5.91. The van der Waals surface area contributed by atoms with E-state index in [1.54, 1.807) is 0 Å². The molecule has 3 aromatic carbocycles. The number of carbonyl (C=O) groups is 1. The number of carbonyl (C=O) groups excluding carboxylic acids is 1. The summed E-state index contributed by atoms with van der Waals surface area (Å²) in [6.45, 7) is 4.16. The molecule has 2 heteroatoms. The van der Waals surface area contributed by atoms with Gasteiger partial charge in [0.1, 0.15) is 5.82 Å². The van der Waals surface area contributed by atoms with E-state index in [4.69, 9.17) is 0 Å². The molecule has 0 N–H and O–H groups in total. The predicted octanol–water partition coefficient (Wildman–Crippen LogP) is 6.77. The summed E-state index contributed by atoms with van der Waals surface area (Å²) >= 11 is 0. The molecule has 0 aromatic heterocycles. The highest BCUT2D eigenvalue weighted by Gasteiger charge is 2.35. The number of hydrogen-bond acceptors (Lipinski definition) is 1. The number of rotatable bonds is 5. The second-order valence-electron chi connectivity index (χ2n) is 7.82. The Hall–Kier alpha value is -3.00. The minimum atomic E-state index is -0.243. The lowest BCUT2D eigenvalue weighted by molar-refractivity contribution is 0.0934. The Labute approximate surface area is 171 Å². The number of allylic oxidation sites excluding steroid dienone is 2. The van der Waals surface area contributed by atoms with Gasteiger partial charge in [-0.1, -0.05) is 73.2 Å². The molecule has 0 saturated carbocycles. The zero-order valence-corrected chi connectivity index (χ0v) is 16.9. The largest absolute Gasteiger partial charge is 0.293 e. The Morgan fingerprint density at radius 1 is 1.00 bits per heavy atom. The lowest BCUT2D eigenvalue weighted by atomic mass is 9.81. The Morgan fingerprint density at radius 3 is 2.48 bits per heavy atom. The Bertz CT molecular complexity index is 1060. The van der Waals surface area contributed by atoms with Crippen LogP contribution in [0.15, 0.2) is 78.9 Å². The molecule has 1 nitrogen and oxygen atoms in total. The highest BCUT2D eigenvalue weighted by molar-refractivity contribution is 6.01. The van der Waals surface area contributed by atoms with Crippen molar-refractivity contribution < 1.29 is 9.18 Å². The van der Waals surface area contributed by atoms with E-state index in [1.807, 2.05) is 43.3 Å². The van der Waals surface area contributed by atoms with Crippen LogP contribution in [0.4, 0.5) is 4.39 Å². The van der Waals surface area contributed by atoms with Gasteiger partial charge in [-0.15, -0.1) is 0 Å². The maximum atomic E-state index is 13.5. The number of aryl methyl sites for hydroxylation is 2. The average Bonchev–Trinajstić information content (AvgIpc) is 3.19. The molecule has 1 aliphatic carbocycles. The third kappa shape index (κ3) is 3.93. The van der Waals surface area contributed by atoms with Crippen molar-refractivity contribution in [1.82, 2.24) is 0 Å². The molecule has 2 atom stereocenters. The van der Waals surface area contributed by atoms with Crippen LogP contribution < -0.4 is 0 Å². The highest BCUT2D eigenvalue weighted by Crippen LogP contribution is 2.45. The van der Waals surface area contributed by atoms with Crippen LogP contribution in [-0.2, 0) is 6.42 Å².